The molecule has 3 aromatic carbocycles. The molecule has 1 saturated heterocycles. The Hall–Kier alpha value is -3.04. The number of nitrogens with zero attached hydrogens (tertiary/aromatic N) is 2. The topological polar surface area (TPSA) is 23.6 Å². The van der Waals surface area contributed by atoms with Crippen molar-refractivity contribution in [1.82, 2.24) is 4.90 Å². The van der Waals surface area contributed by atoms with Crippen LogP contribution in [0.25, 0.3) is 5.57 Å². The lowest BCUT2D eigenvalue weighted by Gasteiger charge is -2.25. The Kier molecular flexibility index (Phi) is 5.41. The number of halogens is 1. The fourth-order valence-corrected chi connectivity index (χ4v) is 3.83. The van der Waals surface area contributed by atoms with E-state index in [9.17, 15) is 4.79 Å². The van der Waals surface area contributed by atoms with Gasteiger partial charge in [0.2, 0.25) is 0 Å². The van der Waals surface area contributed by atoms with Gasteiger partial charge in [-0.2, -0.15) is 0 Å². The first-order chi connectivity index (χ1) is 14.0. The summed E-state index contributed by atoms with van der Waals surface area (Å²) in [6.45, 7) is 7.58. The molecule has 29 heavy (non-hydrogen) atoms. The van der Waals surface area contributed by atoms with Gasteiger partial charge in [-0.1, -0.05) is 78.3 Å². The molecular weight excluding hydrogens is 380 g/mol. The van der Waals surface area contributed by atoms with E-state index in [0.717, 1.165) is 22.4 Å². The first-order valence-corrected chi connectivity index (χ1v) is 10.0. The van der Waals surface area contributed by atoms with E-state index in [2.05, 4.69) is 37.8 Å². The summed E-state index contributed by atoms with van der Waals surface area (Å²) in [6, 6.07) is 25.6. The molecule has 4 rings (SSSR count). The maximum atomic E-state index is 13.4. The second kappa shape index (κ2) is 8.14. The van der Waals surface area contributed by atoms with E-state index in [1.54, 1.807) is 0 Å². The van der Waals surface area contributed by atoms with Gasteiger partial charge in [-0.15, -0.1) is 0 Å². The Balaban J connectivity index is 1.67. The SMILES string of the molecule is C=C(c1ccc(C)cc1)C1CN(Cc2ccccc2)C(=O)N1c1ccc(Cl)cc1. The summed E-state index contributed by atoms with van der Waals surface area (Å²) in [5.41, 5.74) is 5.12. The third-order valence-corrected chi connectivity index (χ3v) is 5.58. The molecule has 0 spiro atoms. The highest BCUT2D eigenvalue weighted by molar-refractivity contribution is 6.30. The third-order valence-electron chi connectivity index (χ3n) is 5.33. The van der Waals surface area contributed by atoms with Crippen LogP contribution < -0.4 is 4.90 Å². The van der Waals surface area contributed by atoms with Crippen molar-refractivity contribution >= 4 is 28.9 Å². The summed E-state index contributed by atoms with van der Waals surface area (Å²) in [5.74, 6) is 0. The van der Waals surface area contributed by atoms with Crippen molar-refractivity contribution < 1.29 is 4.79 Å². The third kappa shape index (κ3) is 4.06. The summed E-state index contributed by atoms with van der Waals surface area (Å²) in [4.78, 5) is 17.1. The Morgan fingerprint density at radius 2 is 1.66 bits per heavy atom. The first kappa shape index (κ1) is 19.3. The molecule has 1 atom stereocenters. The molecule has 4 heteroatoms. The monoisotopic (exact) mass is 402 g/mol. The summed E-state index contributed by atoms with van der Waals surface area (Å²) >= 11 is 6.07. The van der Waals surface area contributed by atoms with E-state index in [0.29, 0.717) is 18.1 Å². The van der Waals surface area contributed by atoms with Gasteiger partial charge in [-0.25, -0.2) is 4.79 Å². The first-order valence-electron chi connectivity index (χ1n) is 9.66. The van der Waals surface area contributed by atoms with Gasteiger partial charge in [0.1, 0.15) is 0 Å². The summed E-state index contributed by atoms with van der Waals surface area (Å²) in [6.07, 6.45) is 0. The molecule has 0 N–H and O–H groups in total. The molecule has 146 valence electrons. The van der Waals surface area contributed by atoms with Gasteiger partial charge in [0.15, 0.2) is 0 Å². The molecule has 1 heterocycles. The van der Waals surface area contributed by atoms with Crippen molar-refractivity contribution in [2.24, 2.45) is 0 Å². The highest BCUT2D eigenvalue weighted by Gasteiger charge is 2.39. The number of urea groups is 1. The van der Waals surface area contributed by atoms with Gasteiger partial charge < -0.3 is 4.90 Å². The van der Waals surface area contributed by atoms with Crippen LogP contribution in [0, 0.1) is 6.92 Å². The van der Waals surface area contributed by atoms with Gasteiger partial charge >= 0.3 is 6.03 Å². The van der Waals surface area contributed by atoms with Crippen LogP contribution in [-0.4, -0.2) is 23.5 Å². The summed E-state index contributed by atoms with van der Waals surface area (Å²) < 4.78 is 0. The Morgan fingerprint density at radius 1 is 1.00 bits per heavy atom. The highest BCUT2D eigenvalue weighted by Crippen LogP contribution is 2.33. The Bertz CT molecular complexity index is 1010. The minimum Gasteiger partial charge on any atom is -0.318 e. The molecule has 0 aromatic heterocycles. The number of aryl methyl sites for hydroxylation is 1. The number of benzene rings is 3. The van der Waals surface area contributed by atoms with Crippen LogP contribution in [0.5, 0.6) is 0 Å². The van der Waals surface area contributed by atoms with Crippen LogP contribution in [0.4, 0.5) is 10.5 Å². The van der Waals surface area contributed by atoms with Crippen molar-refractivity contribution in [2.45, 2.75) is 19.5 Å². The van der Waals surface area contributed by atoms with Crippen LogP contribution in [0.15, 0.2) is 85.4 Å². The van der Waals surface area contributed by atoms with E-state index in [1.807, 2.05) is 64.4 Å². The van der Waals surface area contributed by atoms with Crippen molar-refractivity contribution in [2.75, 3.05) is 11.4 Å². The highest BCUT2D eigenvalue weighted by atomic mass is 35.5. The minimum atomic E-state index is -0.143. The molecule has 2 amide bonds. The predicted octanol–water partition coefficient (Wildman–Crippen LogP) is 6.17. The average molecular weight is 403 g/mol. The molecule has 1 fully saturated rings. The largest absolute Gasteiger partial charge is 0.325 e. The van der Waals surface area contributed by atoms with Gasteiger partial charge in [-0.05, 0) is 47.9 Å². The normalized spacial score (nSPS) is 16.3. The lowest BCUT2D eigenvalue weighted by molar-refractivity contribution is 0.218. The Morgan fingerprint density at radius 3 is 2.31 bits per heavy atom. The second-order valence-corrected chi connectivity index (χ2v) is 7.84. The minimum absolute atomic E-state index is 0.0190. The van der Waals surface area contributed by atoms with Crippen LogP contribution in [0.2, 0.25) is 5.02 Å². The maximum Gasteiger partial charge on any atom is 0.325 e. The van der Waals surface area contributed by atoms with Crippen molar-refractivity contribution in [3.8, 4) is 0 Å². The van der Waals surface area contributed by atoms with E-state index in [1.165, 1.54) is 5.56 Å². The Labute approximate surface area is 176 Å². The van der Waals surface area contributed by atoms with Gasteiger partial charge in [-0.3, -0.25) is 4.90 Å². The van der Waals surface area contributed by atoms with Crippen molar-refractivity contribution in [1.29, 1.82) is 0 Å². The molecule has 0 aliphatic carbocycles. The van der Waals surface area contributed by atoms with Crippen molar-refractivity contribution in [3.05, 3.63) is 107 Å². The lowest BCUT2D eigenvalue weighted by atomic mass is 9.98. The van der Waals surface area contributed by atoms with E-state index >= 15 is 0 Å². The number of carbonyl (C=O) groups is 1. The number of amides is 2. The van der Waals surface area contributed by atoms with Gasteiger partial charge in [0.05, 0.1) is 6.04 Å². The maximum absolute atomic E-state index is 13.4. The quantitative estimate of drug-likeness (QED) is 0.500. The second-order valence-electron chi connectivity index (χ2n) is 7.40. The molecule has 0 saturated carbocycles. The van der Waals surface area contributed by atoms with Crippen molar-refractivity contribution in [3.63, 3.8) is 0 Å². The van der Waals surface area contributed by atoms with E-state index in [-0.39, 0.29) is 12.1 Å². The smallest absolute Gasteiger partial charge is 0.318 e. The molecule has 1 unspecified atom stereocenters. The van der Waals surface area contributed by atoms with Crippen LogP contribution >= 0.6 is 11.6 Å². The number of rotatable bonds is 5. The van der Waals surface area contributed by atoms with E-state index in [4.69, 9.17) is 11.6 Å². The standard InChI is InChI=1S/C25H23ClN2O/c1-18-8-10-21(11-9-18)19(2)24-17-27(16-20-6-4-3-5-7-20)25(29)28(24)23-14-12-22(26)13-15-23/h3-15,24H,2,16-17H2,1H3. The average Bonchev–Trinajstić information content (AvgIpc) is 3.05. The zero-order valence-corrected chi connectivity index (χ0v) is 17.1. The fraction of sp³-hybridized carbons (Fsp3) is 0.160. The lowest BCUT2D eigenvalue weighted by Crippen LogP contribution is -2.35. The summed E-state index contributed by atoms with van der Waals surface area (Å²) in [7, 11) is 0. The summed E-state index contributed by atoms with van der Waals surface area (Å²) in [5, 5.41) is 0.649. The molecule has 0 radical (unpaired) electrons. The number of carbonyl (C=O) groups excluding carboxylic acids is 1. The zero-order chi connectivity index (χ0) is 20.4. The van der Waals surface area contributed by atoms with Crippen LogP contribution in [0.1, 0.15) is 16.7 Å². The molecular formula is C25H23ClN2O. The van der Waals surface area contributed by atoms with Gasteiger partial charge in [0.25, 0.3) is 0 Å². The molecule has 3 nitrogen and oxygen atoms in total. The zero-order valence-electron chi connectivity index (χ0n) is 16.4. The number of anilines is 1. The molecule has 0 bridgehead atoms. The number of hydrogen-bond acceptors (Lipinski definition) is 1. The number of hydrogen-bond donors (Lipinski definition) is 0. The fourth-order valence-electron chi connectivity index (χ4n) is 3.71. The van der Waals surface area contributed by atoms with Gasteiger partial charge in [0, 0.05) is 23.8 Å². The van der Waals surface area contributed by atoms with Crippen LogP contribution in [-0.2, 0) is 6.54 Å². The van der Waals surface area contributed by atoms with Crippen LogP contribution in [0.3, 0.4) is 0 Å². The molecule has 1 aliphatic heterocycles. The predicted molar refractivity (Wildman–Crippen MR) is 120 cm³/mol. The molecule has 3 aromatic rings. The van der Waals surface area contributed by atoms with E-state index < -0.39 is 0 Å². The molecule has 1 aliphatic rings.